The number of benzene rings is 1. The van der Waals surface area contributed by atoms with Crippen LogP contribution in [0.15, 0.2) is 24.3 Å². The van der Waals surface area contributed by atoms with E-state index in [9.17, 15) is 0 Å². The molecule has 0 bridgehead atoms. The molecule has 82 valence electrons. The molecule has 0 spiro atoms. The molecule has 1 fully saturated rings. The van der Waals surface area contributed by atoms with E-state index < -0.39 is 0 Å². The van der Waals surface area contributed by atoms with Crippen molar-refractivity contribution in [2.24, 2.45) is 5.92 Å². The van der Waals surface area contributed by atoms with Gasteiger partial charge in [-0.05, 0) is 49.2 Å². The number of hydrogen-bond donors (Lipinski definition) is 1. The lowest BCUT2D eigenvalue weighted by molar-refractivity contribution is 0.341. The predicted octanol–water partition coefficient (Wildman–Crippen LogP) is 2.84. The zero-order valence-electron chi connectivity index (χ0n) is 9.33. The Morgan fingerprint density at radius 3 is 2.80 bits per heavy atom. The first-order chi connectivity index (χ1) is 7.36. The van der Waals surface area contributed by atoms with E-state index in [-0.39, 0.29) is 0 Å². The van der Waals surface area contributed by atoms with E-state index in [1.165, 1.54) is 42.1 Å². The van der Waals surface area contributed by atoms with Crippen LogP contribution in [0.5, 0.6) is 0 Å². The highest BCUT2D eigenvalue weighted by molar-refractivity contribution is 7.98. The lowest BCUT2D eigenvalue weighted by atomic mass is 10.0. The zero-order valence-corrected chi connectivity index (χ0v) is 10.1. The van der Waals surface area contributed by atoms with Crippen LogP contribution < -0.4 is 5.32 Å². The molecule has 1 saturated heterocycles. The van der Waals surface area contributed by atoms with Crippen molar-refractivity contribution in [3.05, 3.63) is 35.4 Å². The Kier molecular flexibility index (Phi) is 4.09. The minimum absolute atomic E-state index is 0.953. The van der Waals surface area contributed by atoms with Gasteiger partial charge in [0.1, 0.15) is 0 Å². The Labute approximate surface area is 96.7 Å². The predicted molar refractivity (Wildman–Crippen MR) is 68.3 cm³/mol. The molecule has 1 aliphatic heterocycles. The summed E-state index contributed by atoms with van der Waals surface area (Å²) in [5, 5.41) is 3.32. The number of hydrogen-bond acceptors (Lipinski definition) is 2. The van der Waals surface area contributed by atoms with Gasteiger partial charge in [0, 0.05) is 5.75 Å². The summed E-state index contributed by atoms with van der Waals surface area (Å²) in [5.74, 6) is 3.43. The van der Waals surface area contributed by atoms with E-state index in [2.05, 4.69) is 48.3 Å². The van der Waals surface area contributed by atoms with E-state index in [1.807, 2.05) is 0 Å². The summed E-state index contributed by atoms with van der Waals surface area (Å²) < 4.78 is 0. The average Bonchev–Trinajstić information content (AvgIpc) is 2.17. The quantitative estimate of drug-likeness (QED) is 0.767. The van der Waals surface area contributed by atoms with Crippen LogP contribution in [0.4, 0.5) is 0 Å². The van der Waals surface area contributed by atoms with Gasteiger partial charge in [0.05, 0.1) is 0 Å². The molecule has 1 N–H and O–H groups in total. The summed E-state index contributed by atoms with van der Waals surface area (Å²) in [7, 11) is 0. The van der Waals surface area contributed by atoms with E-state index in [4.69, 9.17) is 0 Å². The summed E-state index contributed by atoms with van der Waals surface area (Å²) in [5.41, 5.74) is 2.92. The first-order valence-electron chi connectivity index (χ1n) is 5.69. The molecule has 0 radical (unpaired) electrons. The molecule has 2 heteroatoms. The topological polar surface area (TPSA) is 12.0 Å². The maximum Gasteiger partial charge on any atom is 0.0187 e. The molecule has 2 rings (SSSR count). The molecular formula is C13H19NS. The molecule has 1 nitrogen and oxygen atoms in total. The van der Waals surface area contributed by atoms with Crippen molar-refractivity contribution in [2.75, 3.05) is 18.8 Å². The summed E-state index contributed by atoms with van der Waals surface area (Å²) in [4.78, 5) is 0. The Bertz CT molecular complexity index is 307. The molecular weight excluding hydrogens is 202 g/mol. The van der Waals surface area contributed by atoms with Crippen molar-refractivity contribution < 1.29 is 0 Å². The Morgan fingerprint density at radius 1 is 1.33 bits per heavy atom. The normalized spacial score (nSPS) is 16.3. The first kappa shape index (κ1) is 11.0. The highest BCUT2D eigenvalue weighted by Gasteiger charge is 2.15. The molecule has 0 aromatic heterocycles. The maximum absolute atomic E-state index is 3.32. The van der Waals surface area contributed by atoms with Gasteiger partial charge < -0.3 is 5.32 Å². The van der Waals surface area contributed by atoms with Crippen LogP contribution in [-0.4, -0.2) is 18.8 Å². The standard InChI is InChI=1S/C13H19NS/c1-11-4-2-3-5-13(11)10-15-7-6-12-8-14-9-12/h2-5,12,14H,6-10H2,1H3. The first-order valence-corrected chi connectivity index (χ1v) is 6.84. The lowest BCUT2D eigenvalue weighted by Crippen LogP contribution is -2.42. The van der Waals surface area contributed by atoms with Gasteiger partial charge in [-0.2, -0.15) is 11.8 Å². The van der Waals surface area contributed by atoms with Crippen molar-refractivity contribution in [3.8, 4) is 0 Å². The summed E-state index contributed by atoms with van der Waals surface area (Å²) >= 11 is 2.07. The number of aryl methyl sites for hydroxylation is 1. The van der Waals surface area contributed by atoms with Crippen LogP contribution in [0.1, 0.15) is 17.5 Å². The molecule has 0 atom stereocenters. The van der Waals surface area contributed by atoms with Crippen molar-refractivity contribution in [3.63, 3.8) is 0 Å². The van der Waals surface area contributed by atoms with Gasteiger partial charge in [0.25, 0.3) is 0 Å². The van der Waals surface area contributed by atoms with Gasteiger partial charge in [-0.3, -0.25) is 0 Å². The second-order valence-corrected chi connectivity index (χ2v) is 5.40. The minimum atomic E-state index is 0.953. The molecule has 1 aromatic carbocycles. The fourth-order valence-corrected chi connectivity index (χ4v) is 2.94. The average molecular weight is 221 g/mol. The third-order valence-corrected chi connectivity index (χ3v) is 4.09. The third-order valence-electron chi connectivity index (χ3n) is 3.06. The van der Waals surface area contributed by atoms with Gasteiger partial charge in [-0.1, -0.05) is 24.3 Å². The van der Waals surface area contributed by atoms with Crippen molar-refractivity contribution in [1.29, 1.82) is 0 Å². The molecule has 0 aliphatic carbocycles. The smallest absolute Gasteiger partial charge is 0.0187 e. The summed E-state index contributed by atoms with van der Waals surface area (Å²) in [6, 6.07) is 8.70. The van der Waals surface area contributed by atoms with Crippen LogP contribution in [0.3, 0.4) is 0 Å². The van der Waals surface area contributed by atoms with Crippen LogP contribution in [0, 0.1) is 12.8 Å². The fourth-order valence-electron chi connectivity index (χ4n) is 1.76. The third kappa shape index (κ3) is 3.25. The molecule has 0 amide bonds. The highest BCUT2D eigenvalue weighted by Crippen LogP contribution is 2.19. The maximum atomic E-state index is 3.32. The molecule has 1 aromatic rings. The molecule has 1 heterocycles. The molecule has 0 unspecified atom stereocenters. The molecule has 15 heavy (non-hydrogen) atoms. The monoisotopic (exact) mass is 221 g/mol. The number of nitrogens with one attached hydrogen (secondary N) is 1. The highest BCUT2D eigenvalue weighted by atomic mass is 32.2. The molecule has 0 saturated carbocycles. The second kappa shape index (κ2) is 5.57. The second-order valence-electron chi connectivity index (χ2n) is 4.29. The summed E-state index contributed by atoms with van der Waals surface area (Å²) in [6.07, 6.45) is 1.38. The van der Waals surface area contributed by atoms with E-state index in [0.717, 1.165) is 5.92 Å². The van der Waals surface area contributed by atoms with Crippen LogP contribution in [0.2, 0.25) is 0 Å². The van der Waals surface area contributed by atoms with Gasteiger partial charge in [-0.15, -0.1) is 0 Å². The number of rotatable bonds is 5. The largest absolute Gasteiger partial charge is 0.316 e. The van der Waals surface area contributed by atoms with Crippen LogP contribution in [-0.2, 0) is 5.75 Å². The van der Waals surface area contributed by atoms with Crippen molar-refractivity contribution in [2.45, 2.75) is 19.1 Å². The Morgan fingerprint density at radius 2 is 2.13 bits per heavy atom. The van der Waals surface area contributed by atoms with Gasteiger partial charge in [0.2, 0.25) is 0 Å². The van der Waals surface area contributed by atoms with Crippen molar-refractivity contribution >= 4 is 11.8 Å². The SMILES string of the molecule is Cc1ccccc1CSCCC1CNC1. The van der Waals surface area contributed by atoms with Crippen molar-refractivity contribution in [1.82, 2.24) is 5.32 Å². The van der Waals surface area contributed by atoms with E-state index in [0.29, 0.717) is 0 Å². The van der Waals surface area contributed by atoms with Crippen LogP contribution in [0.25, 0.3) is 0 Å². The van der Waals surface area contributed by atoms with Gasteiger partial charge in [-0.25, -0.2) is 0 Å². The van der Waals surface area contributed by atoms with Gasteiger partial charge >= 0.3 is 0 Å². The Balaban J connectivity index is 1.66. The fraction of sp³-hybridized carbons (Fsp3) is 0.538. The zero-order chi connectivity index (χ0) is 10.5. The Hall–Kier alpha value is -0.470. The van der Waals surface area contributed by atoms with Gasteiger partial charge in [0.15, 0.2) is 0 Å². The summed E-state index contributed by atoms with van der Waals surface area (Å²) in [6.45, 7) is 4.68. The van der Waals surface area contributed by atoms with E-state index in [1.54, 1.807) is 0 Å². The lowest BCUT2D eigenvalue weighted by Gasteiger charge is -2.26. The van der Waals surface area contributed by atoms with E-state index >= 15 is 0 Å². The minimum Gasteiger partial charge on any atom is -0.316 e. The van der Waals surface area contributed by atoms with Crippen LogP contribution >= 0.6 is 11.8 Å². The molecule has 1 aliphatic rings. The number of thioether (sulfide) groups is 1.